The minimum absolute atomic E-state index is 0.129. The van der Waals surface area contributed by atoms with Crippen LogP contribution >= 0.6 is 0 Å². The summed E-state index contributed by atoms with van der Waals surface area (Å²) in [5, 5.41) is 20.2. The van der Waals surface area contributed by atoms with Crippen LogP contribution in [-0.2, 0) is 4.74 Å². The Morgan fingerprint density at radius 2 is 2.06 bits per heavy atom. The number of nitro groups is 1. The maximum Gasteiger partial charge on any atom is 0.352 e. The van der Waals surface area contributed by atoms with Gasteiger partial charge in [0.1, 0.15) is 5.56 Å². The molecule has 1 aromatic rings. The van der Waals surface area contributed by atoms with Gasteiger partial charge in [0.2, 0.25) is 11.5 Å². The number of nitro benzene ring substituents is 1. The molecule has 0 saturated heterocycles. The number of phenolic OH excluding ortho intramolecular Hbond substituents is 1. The molecule has 7 nitrogen and oxygen atoms in total. The van der Waals surface area contributed by atoms with Crippen molar-refractivity contribution in [1.82, 2.24) is 0 Å². The number of carbonyl (C=O) groups is 1. The van der Waals surface area contributed by atoms with Crippen molar-refractivity contribution < 1.29 is 24.3 Å². The van der Waals surface area contributed by atoms with E-state index in [-0.39, 0.29) is 11.3 Å². The summed E-state index contributed by atoms with van der Waals surface area (Å²) < 4.78 is 9.07. The number of benzene rings is 1. The molecule has 0 atom stereocenters. The molecule has 0 amide bonds. The molecule has 0 spiro atoms. The topological polar surface area (TPSA) is 98.9 Å². The van der Waals surface area contributed by atoms with Crippen LogP contribution in [0.2, 0.25) is 0 Å². The maximum atomic E-state index is 11.2. The third-order valence-corrected chi connectivity index (χ3v) is 1.92. The van der Waals surface area contributed by atoms with Gasteiger partial charge >= 0.3 is 11.7 Å². The molecule has 0 radical (unpaired) electrons. The van der Waals surface area contributed by atoms with Crippen molar-refractivity contribution in [3.8, 4) is 11.5 Å². The second kappa shape index (κ2) is 4.47. The Hall–Kier alpha value is -2.31. The van der Waals surface area contributed by atoms with Crippen LogP contribution < -0.4 is 4.74 Å². The highest BCUT2D eigenvalue weighted by atomic mass is 16.6. The summed E-state index contributed by atoms with van der Waals surface area (Å²) in [7, 11) is 2.33. The fraction of sp³-hybridized carbons (Fsp3) is 0.222. The van der Waals surface area contributed by atoms with Crippen molar-refractivity contribution >= 4 is 11.7 Å². The summed E-state index contributed by atoms with van der Waals surface area (Å²) in [5.41, 5.74) is -0.944. The van der Waals surface area contributed by atoms with Gasteiger partial charge in [-0.1, -0.05) is 0 Å². The number of rotatable bonds is 3. The van der Waals surface area contributed by atoms with Crippen LogP contribution in [0.5, 0.6) is 11.5 Å². The van der Waals surface area contributed by atoms with Gasteiger partial charge in [0.15, 0.2) is 0 Å². The van der Waals surface area contributed by atoms with Crippen molar-refractivity contribution in [2.24, 2.45) is 0 Å². The SMILES string of the molecule is COC(=O)c1ccc(OC)c([N+](=O)[O-])c1O. The molecule has 0 bridgehead atoms. The predicted molar refractivity (Wildman–Crippen MR) is 52.7 cm³/mol. The van der Waals surface area contributed by atoms with Gasteiger partial charge < -0.3 is 14.6 Å². The third-order valence-electron chi connectivity index (χ3n) is 1.92. The number of ether oxygens (including phenoxy) is 2. The Kier molecular flexibility index (Phi) is 3.29. The molecule has 1 rings (SSSR count). The fourth-order valence-corrected chi connectivity index (χ4v) is 1.18. The molecule has 0 aliphatic heterocycles. The maximum absolute atomic E-state index is 11.2. The van der Waals surface area contributed by atoms with E-state index in [2.05, 4.69) is 4.74 Å². The molecule has 1 aromatic carbocycles. The first-order chi connectivity index (χ1) is 7.52. The Labute approximate surface area is 90.4 Å². The van der Waals surface area contributed by atoms with Gasteiger partial charge in [-0.05, 0) is 12.1 Å². The van der Waals surface area contributed by atoms with Crippen LogP contribution in [0.4, 0.5) is 5.69 Å². The zero-order valence-corrected chi connectivity index (χ0v) is 8.59. The summed E-state index contributed by atoms with van der Waals surface area (Å²) in [5.74, 6) is -1.75. The highest BCUT2D eigenvalue weighted by Gasteiger charge is 2.27. The standard InChI is InChI=1S/C9H9NO6/c1-15-6-4-3-5(9(12)16-2)8(11)7(6)10(13)14/h3-4,11H,1-2H3. The van der Waals surface area contributed by atoms with Crippen molar-refractivity contribution in [3.63, 3.8) is 0 Å². The van der Waals surface area contributed by atoms with Gasteiger partial charge in [0.25, 0.3) is 0 Å². The molecule has 0 aromatic heterocycles. The van der Waals surface area contributed by atoms with E-state index in [1.807, 2.05) is 0 Å². The van der Waals surface area contributed by atoms with E-state index in [9.17, 15) is 20.0 Å². The molecule has 0 fully saturated rings. The molecule has 0 unspecified atom stereocenters. The van der Waals surface area contributed by atoms with Crippen molar-refractivity contribution in [3.05, 3.63) is 27.8 Å². The largest absolute Gasteiger partial charge is 0.501 e. The van der Waals surface area contributed by atoms with E-state index in [1.54, 1.807) is 0 Å². The molecule has 0 aliphatic carbocycles. The normalized spacial score (nSPS) is 9.62. The molecular formula is C9H9NO6. The monoisotopic (exact) mass is 227 g/mol. The number of hydrogen-bond acceptors (Lipinski definition) is 6. The number of hydrogen-bond donors (Lipinski definition) is 1. The molecule has 86 valence electrons. The molecule has 0 aliphatic rings. The van der Waals surface area contributed by atoms with Crippen LogP contribution in [0.15, 0.2) is 12.1 Å². The molecule has 7 heteroatoms. The predicted octanol–water partition coefficient (Wildman–Crippen LogP) is 1.10. The summed E-state index contributed by atoms with van der Waals surface area (Å²) in [6.45, 7) is 0. The Balaban J connectivity index is 3.43. The Morgan fingerprint density at radius 1 is 1.44 bits per heavy atom. The first-order valence-corrected chi connectivity index (χ1v) is 4.15. The molecule has 1 N–H and O–H groups in total. The van der Waals surface area contributed by atoms with Crippen LogP contribution in [-0.4, -0.2) is 30.2 Å². The van der Waals surface area contributed by atoms with E-state index in [0.29, 0.717) is 0 Å². The first-order valence-electron chi connectivity index (χ1n) is 4.15. The lowest BCUT2D eigenvalue weighted by Crippen LogP contribution is -2.04. The summed E-state index contributed by atoms with van der Waals surface area (Å²) in [4.78, 5) is 21.0. The average molecular weight is 227 g/mol. The zero-order chi connectivity index (χ0) is 12.3. The minimum Gasteiger partial charge on any atom is -0.501 e. The van der Waals surface area contributed by atoms with Crippen LogP contribution in [0.3, 0.4) is 0 Å². The van der Waals surface area contributed by atoms with Gasteiger partial charge in [-0.15, -0.1) is 0 Å². The van der Waals surface area contributed by atoms with E-state index in [1.165, 1.54) is 19.2 Å². The van der Waals surface area contributed by atoms with Crippen molar-refractivity contribution in [2.45, 2.75) is 0 Å². The fourth-order valence-electron chi connectivity index (χ4n) is 1.18. The number of carbonyl (C=O) groups excluding carboxylic acids is 1. The second-order valence-electron chi connectivity index (χ2n) is 2.76. The molecular weight excluding hydrogens is 218 g/mol. The van der Waals surface area contributed by atoms with Crippen LogP contribution in [0.25, 0.3) is 0 Å². The zero-order valence-electron chi connectivity index (χ0n) is 8.59. The van der Waals surface area contributed by atoms with E-state index >= 15 is 0 Å². The lowest BCUT2D eigenvalue weighted by atomic mass is 10.1. The number of methoxy groups -OCH3 is 2. The number of phenols is 1. The minimum atomic E-state index is -0.858. The van der Waals surface area contributed by atoms with Gasteiger partial charge in [-0.3, -0.25) is 10.1 Å². The lowest BCUT2D eigenvalue weighted by molar-refractivity contribution is -0.386. The van der Waals surface area contributed by atoms with Gasteiger partial charge in [-0.25, -0.2) is 4.79 Å². The third kappa shape index (κ3) is 1.88. The smallest absolute Gasteiger partial charge is 0.352 e. The quantitative estimate of drug-likeness (QED) is 0.471. The summed E-state index contributed by atoms with van der Waals surface area (Å²) in [6.07, 6.45) is 0. The highest BCUT2D eigenvalue weighted by Crippen LogP contribution is 2.38. The van der Waals surface area contributed by atoms with E-state index in [0.717, 1.165) is 7.11 Å². The van der Waals surface area contributed by atoms with E-state index < -0.39 is 22.3 Å². The van der Waals surface area contributed by atoms with Crippen LogP contribution in [0, 0.1) is 10.1 Å². The number of nitrogens with zero attached hydrogens (tertiary/aromatic N) is 1. The van der Waals surface area contributed by atoms with Gasteiger partial charge in [-0.2, -0.15) is 0 Å². The van der Waals surface area contributed by atoms with Crippen molar-refractivity contribution in [1.29, 1.82) is 0 Å². The molecule has 0 saturated carbocycles. The molecule has 16 heavy (non-hydrogen) atoms. The molecule has 0 heterocycles. The summed E-state index contributed by atoms with van der Waals surface area (Å²) in [6, 6.07) is 2.40. The second-order valence-corrected chi connectivity index (χ2v) is 2.76. The Morgan fingerprint density at radius 3 is 2.50 bits per heavy atom. The number of esters is 1. The Bertz CT molecular complexity index is 442. The highest BCUT2D eigenvalue weighted by molar-refractivity contribution is 5.94. The average Bonchev–Trinajstić information content (AvgIpc) is 2.26. The lowest BCUT2D eigenvalue weighted by Gasteiger charge is -2.06. The van der Waals surface area contributed by atoms with Crippen molar-refractivity contribution in [2.75, 3.05) is 14.2 Å². The van der Waals surface area contributed by atoms with E-state index in [4.69, 9.17) is 4.74 Å². The van der Waals surface area contributed by atoms with Crippen LogP contribution in [0.1, 0.15) is 10.4 Å². The van der Waals surface area contributed by atoms with Gasteiger partial charge in [0.05, 0.1) is 19.1 Å². The van der Waals surface area contributed by atoms with Gasteiger partial charge in [0, 0.05) is 0 Å². The summed E-state index contributed by atoms with van der Waals surface area (Å²) >= 11 is 0. The first kappa shape index (κ1) is 11.8. The number of aromatic hydroxyl groups is 1.